The smallest absolute Gasteiger partial charge is 0.224 e. The van der Waals surface area contributed by atoms with Crippen LogP contribution in [0.15, 0.2) is 30.3 Å². The molecule has 3 heteroatoms. The van der Waals surface area contributed by atoms with Crippen LogP contribution in [0.2, 0.25) is 0 Å². The average molecular weight is 408 g/mol. The second-order valence-electron chi connectivity index (χ2n) is 10.9. The van der Waals surface area contributed by atoms with Gasteiger partial charge in [0.15, 0.2) is 0 Å². The van der Waals surface area contributed by atoms with Crippen LogP contribution in [0, 0.1) is 19.3 Å². The summed E-state index contributed by atoms with van der Waals surface area (Å²) in [7, 11) is 0. The summed E-state index contributed by atoms with van der Waals surface area (Å²) in [4.78, 5) is 12.7. The number of benzene rings is 2. The molecule has 1 unspecified atom stereocenters. The van der Waals surface area contributed by atoms with Crippen LogP contribution in [-0.4, -0.2) is 11.5 Å². The minimum absolute atomic E-state index is 0.0472. The van der Waals surface area contributed by atoms with Gasteiger partial charge < -0.3 is 10.1 Å². The summed E-state index contributed by atoms with van der Waals surface area (Å²) in [6, 6.07) is 11.0. The number of rotatable bonds is 4. The Labute approximate surface area is 182 Å². The predicted molar refractivity (Wildman–Crippen MR) is 126 cm³/mol. The van der Waals surface area contributed by atoms with Gasteiger partial charge in [-0.2, -0.15) is 0 Å². The number of carbonyl (C=O) groups is 1. The van der Waals surface area contributed by atoms with Crippen LogP contribution >= 0.6 is 0 Å². The third kappa shape index (κ3) is 4.40. The van der Waals surface area contributed by atoms with E-state index in [4.69, 9.17) is 4.74 Å². The molecule has 3 rings (SSSR count). The van der Waals surface area contributed by atoms with Crippen LogP contribution in [-0.2, 0) is 4.79 Å². The van der Waals surface area contributed by atoms with Gasteiger partial charge in [-0.1, -0.05) is 58.9 Å². The Morgan fingerprint density at radius 1 is 1.13 bits per heavy atom. The van der Waals surface area contributed by atoms with E-state index in [1.165, 1.54) is 16.7 Å². The molecule has 162 valence electrons. The summed E-state index contributed by atoms with van der Waals surface area (Å²) in [5.41, 5.74) is 6.45. The summed E-state index contributed by atoms with van der Waals surface area (Å²) in [5.74, 6) is 1.62. The van der Waals surface area contributed by atoms with Gasteiger partial charge in [-0.05, 0) is 67.3 Å². The third-order valence-corrected chi connectivity index (χ3v) is 6.04. The lowest BCUT2D eigenvalue weighted by Crippen LogP contribution is -2.31. The minimum atomic E-state index is -0.354. The standard InChI is InChI=1S/C27H37NO2/c1-16(2)19-10-12-20(13-11-19)24-23-18(4)25(28-22(29)15-26(5,6)7)17(3)14-21(23)30-27(24,8)9/h10-14,16,24H,15H2,1-9H3,(H,28,29). The zero-order valence-electron chi connectivity index (χ0n) is 20.1. The molecule has 1 heterocycles. The van der Waals surface area contributed by atoms with E-state index in [2.05, 4.69) is 91.0 Å². The number of ether oxygens (including phenoxy) is 1. The molecular weight excluding hydrogens is 370 g/mol. The first-order valence-corrected chi connectivity index (χ1v) is 11.0. The van der Waals surface area contributed by atoms with Crippen LogP contribution in [0.4, 0.5) is 5.69 Å². The van der Waals surface area contributed by atoms with E-state index in [-0.39, 0.29) is 22.8 Å². The molecule has 0 saturated carbocycles. The summed E-state index contributed by atoms with van der Waals surface area (Å²) in [6.07, 6.45) is 0.491. The number of nitrogens with one attached hydrogen (secondary N) is 1. The van der Waals surface area contributed by atoms with E-state index in [1.807, 2.05) is 6.92 Å². The fourth-order valence-electron chi connectivity index (χ4n) is 4.59. The molecular formula is C27H37NO2. The van der Waals surface area contributed by atoms with Crippen molar-refractivity contribution in [3.63, 3.8) is 0 Å². The van der Waals surface area contributed by atoms with Crippen molar-refractivity contribution in [1.29, 1.82) is 0 Å². The maximum absolute atomic E-state index is 12.7. The zero-order valence-corrected chi connectivity index (χ0v) is 20.1. The van der Waals surface area contributed by atoms with Crippen molar-refractivity contribution in [2.75, 3.05) is 5.32 Å². The lowest BCUT2D eigenvalue weighted by Gasteiger charge is -2.28. The number of anilines is 1. The van der Waals surface area contributed by atoms with Gasteiger partial charge >= 0.3 is 0 Å². The van der Waals surface area contributed by atoms with Gasteiger partial charge in [-0.3, -0.25) is 4.79 Å². The Kier molecular flexibility index (Phi) is 5.79. The Bertz CT molecular complexity index is 946. The Hall–Kier alpha value is -2.29. The number of hydrogen-bond donors (Lipinski definition) is 1. The molecule has 2 aromatic carbocycles. The molecule has 2 aromatic rings. The fraction of sp³-hybridized carbons (Fsp3) is 0.519. The second kappa shape index (κ2) is 7.76. The van der Waals surface area contributed by atoms with Gasteiger partial charge in [-0.15, -0.1) is 0 Å². The molecule has 30 heavy (non-hydrogen) atoms. The Morgan fingerprint density at radius 3 is 2.27 bits per heavy atom. The van der Waals surface area contributed by atoms with Crippen molar-refractivity contribution < 1.29 is 9.53 Å². The van der Waals surface area contributed by atoms with Crippen molar-refractivity contribution >= 4 is 11.6 Å². The van der Waals surface area contributed by atoms with E-state index in [0.717, 1.165) is 22.6 Å². The third-order valence-electron chi connectivity index (χ3n) is 6.04. The predicted octanol–water partition coefficient (Wildman–Crippen LogP) is 7.10. The van der Waals surface area contributed by atoms with E-state index in [0.29, 0.717) is 12.3 Å². The van der Waals surface area contributed by atoms with Crippen molar-refractivity contribution in [2.45, 2.75) is 86.2 Å². The van der Waals surface area contributed by atoms with Gasteiger partial charge in [0.2, 0.25) is 5.91 Å². The summed E-state index contributed by atoms with van der Waals surface area (Å²) >= 11 is 0. The van der Waals surface area contributed by atoms with Gasteiger partial charge in [-0.25, -0.2) is 0 Å². The number of fused-ring (bicyclic) bond motifs is 1. The SMILES string of the molecule is Cc1cc2c(c(C)c1NC(=O)CC(C)(C)C)C(c1ccc(C(C)C)cc1)C(C)(C)O2. The summed E-state index contributed by atoms with van der Waals surface area (Å²) in [5, 5.41) is 3.19. The normalized spacial score (nSPS) is 17.6. The van der Waals surface area contributed by atoms with Crippen LogP contribution < -0.4 is 10.1 Å². The van der Waals surface area contributed by atoms with E-state index < -0.39 is 0 Å². The van der Waals surface area contributed by atoms with Crippen LogP contribution in [0.5, 0.6) is 5.75 Å². The largest absolute Gasteiger partial charge is 0.487 e. The minimum Gasteiger partial charge on any atom is -0.487 e. The number of carbonyl (C=O) groups excluding carboxylic acids is 1. The highest BCUT2D eigenvalue weighted by Gasteiger charge is 2.44. The molecule has 0 bridgehead atoms. The molecule has 1 aliphatic heterocycles. The van der Waals surface area contributed by atoms with E-state index in [1.54, 1.807) is 0 Å². The molecule has 0 aliphatic carbocycles. The summed E-state index contributed by atoms with van der Waals surface area (Å²) in [6.45, 7) is 19.1. The van der Waals surface area contributed by atoms with Crippen molar-refractivity contribution in [2.24, 2.45) is 5.41 Å². The van der Waals surface area contributed by atoms with Gasteiger partial charge in [0.05, 0.1) is 5.92 Å². The molecule has 1 aliphatic rings. The van der Waals surface area contributed by atoms with E-state index >= 15 is 0 Å². The lowest BCUT2D eigenvalue weighted by molar-refractivity contribution is -0.117. The Balaban J connectivity index is 2.05. The van der Waals surface area contributed by atoms with Crippen LogP contribution in [0.3, 0.4) is 0 Å². The topological polar surface area (TPSA) is 38.3 Å². The highest BCUT2D eigenvalue weighted by atomic mass is 16.5. The molecule has 1 amide bonds. The average Bonchev–Trinajstić information content (AvgIpc) is 2.87. The Morgan fingerprint density at radius 2 is 1.73 bits per heavy atom. The number of hydrogen-bond acceptors (Lipinski definition) is 2. The maximum atomic E-state index is 12.7. The molecule has 0 radical (unpaired) electrons. The molecule has 1 N–H and O–H groups in total. The van der Waals surface area contributed by atoms with E-state index in [9.17, 15) is 4.79 Å². The van der Waals surface area contributed by atoms with Gasteiger partial charge in [0.25, 0.3) is 0 Å². The van der Waals surface area contributed by atoms with Gasteiger partial charge in [0.1, 0.15) is 11.4 Å². The number of amides is 1. The molecule has 3 nitrogen and oxygen atoms in total. The zero-order chi connectivity index (χ0) is 22.4. The summed E-state index contributed by atoms with van der Waals surface area (Å²) < 4.78 is 6.43. The first-order chi connectivity index (χ1) is 13.8. The van der Waals surface area contributed by atoms with Crippen molar-refractivity contribution in [3.05, 3.63) is 58.1 Å². The number of aryl methyl sites for hydroxylation is 1. The van der Waals surface area contributed by atoms with Crippen molar-refractivity contribution in [3.8, 4) is 5.75 Å². The quantitative estimate of drug-likeness (QED) is 0.587. The van der Waals surface area contributed by atoms with Gasteiger partial charge in [0, 0.05) is 17.7 Å². The molecule has 0 fully saturated rings. The van der Waals surface area contributed by atoms with Crippen LogP contribution in [0.25, 0.3) is 0 Å². The molecule has 1 atom stereocenters. The molecule has 0 aromatic heterocycles. The highest BCUT2D eigenvalue weighted by molar-refractivity contribution is 5.93. The first-order valence-electron chi connectivity index (χ1n) is 11.0. The molecule has 0 spiro atoms. The fourth-order valence-corrected chi connectivity index (χ4v) is 4.59. The van der Waals surface area contributed by atoms with Crippen LogP contribution in [0.1, 0.15) is 94.5 Å². The highest BCUT2D eigenvalue weighted by Crippen LogP contribution is 2.51. The molecule has 0 saturated heterocycles. The monoisotopic (exact) mass is 407 g/mol. The second-order valence-corrected chi connectivity index (χ2v) is 10.9. The first kappa shape index (κ1) is 22.4. The van der Waals surface area contributed by atoms with Crippen molar-refractivity contribution in [1.82, 2.24) is 0 Å². The lowest BCUT2D eigenvalue weighted by atomic mass is 9.78. The maximum Gasteiger partial charge on any atom is 0.224 e.